The number of nitrogens with zero attached hydrogens (tertiary/aromatic N) is 1. The summed E-state index contributed by atoms with van der Waals surface area (Å²) in [5.41, 5.74) is 5.46. The van der Waals surface area contributed by atoms with E-state index in [-0.39, 0.29) is 41.3 Å². The molecule has 4 heteroatoms. The molecule has 0 aliphatic heterocycles. The SMILES string of the molecule is CC1=C(C)C(C)(C)[C]([Zr+2][N](C(C)(C)C)C(C)(C)C)=C1C.[Cl-].[Cl-]. The van der Waals surface area contributed by atoms with Gasteiger partial charge in [-0.2, -0.15) is 0 Å². The van der Waals surface area contributed by atoms with Gasteiger partial charge in [-0.05, 0) is 0 Å². The molecule has 1 nitrogen and oxygen atoms in total. The van der Waals surface area contributed by atoms with Gasteiger partial charge in [-0.25, -0.2) is 0 Å². The average molecular weight is 426 g/mol. The largest absolute Gasteiger partial charge is 1.00 e. The van der Waals surface area contributed by atoms with E-state index in [1.54, 1.807) is 14.4 Å². The summed E-state index contributed by atoms with van der Waals surface area (Å²) in [7, 11) is 0. The molecule has 0 unspecified atom stereocenters. The van der Waals surface area contributed by atoms with Crippen LogP contribution in [0, 0.1) is 5.41 Å². The van der Waals surface area contributed by atoms with E-state index >= 15 is 0 Å². The molecule has 1 aliphatic carbocycles. The van der Waals surface area contributed by atoms with E-state index in [9.17, 15) is 0 Å². The van der Waals surface area contributed by atoms with Crippen molar-refractivity contribution in [3.8, 4) is 0 Å². The Hall–Kier alpha value is 0.903. The zero-order valence-electron chi connectivity index (χ0n) is 16.2. The van der Waals surface area contributed by atoms with Crippen LogP contribution >= 0.6 is 0 Å². The van der Waals surface area contributed by atoms with Gasteiger partial charge in [0.25, 0.3) is 0 Å². The summed E-state index contributed by atoms with van der Waals surface area (Å²) in [6, 6.07) is 0. The fraction of sp³-hybridized carbons (Fsp3) is 0.778. The van der Waals surface area contributed by atoms with Crippen LogP contribution in [0.15, 0.2) is 20.0 Å². The van der Waals surface area contributed by atoms with Crippen LogP contribution < -0.4 is 24.8 Å². The maximum Gasteiger partial charge on any atom is -1.00 e. The van der Waals surface area contributed by atoms with Crippen molar-refractivity contribution in [1.82, 2.24) is 2.84 Å². The molecule has 0 aromatic rings. The molecule has 0 saturated heterocycles. The topological polar surface area (TPSA) is 3.24 Å². The van der Waals surface area contributed by atoms with E-state index in [1.165, 1.54) is 5.57 Å². The molecule has 0 radical (unpaired) electrons. The summed E-state index contributed by atoms with van der Waals surface area (Å²) in [6.07, 6.45) is 0. The molecule has 128 valence electrons. The van der Waals surface area contributed by atoms with Gasteiger partial charge in [0.1, 0.15) is 0 Å². The van der Waals surface area contributed by atoms with Crippen molar-refractivity contribution in [2.75, 3.05) is 0 Å². The van der Waals surface area contributed by atoms with Crippen molar-refractivity contribution in [2.45, 2.75) is 87.2 Å². The van der Waals surface area contributed by atoms with Crippen LogP contribution in [0.5, 0.6) is 0 Å². The summed E-state index contributed by atoms with van der Waals surface area (Å²) in [6.45, 7) is 26.0. The van der Waals surface area contributed by atoms with Crippen molar-refractivity contribution >= 4 is 0 Å². The van der Waals surface area contributed by atoms with Crippen molar-refractivity contribution in [2.24, 2.45) is 5.41 Å². The molecule has 0 spiro atoms. The maximum absolute atomic E-state index is 2.80. The Bertz CT molecular complexity index is 448. The molecule has 0 aromatic carbocycles. The van der Waals surface area contributed by atoms with E-state index in [1.807, 2.05) is 0 Å². The molecular formula is C18H33Cl2NZr. The van der Waals surface area contributed by atoms with Gasteiger partial charge in [0.2, 0.25) is 0 Å². The van der Waals surface area contributed by atoms with Crippen LogP contribution in [0.1, 0.15) is 76.2 Å². The van der Waals surface area contributed by atoms with E-state index in [0.717, 1.165) is 0 Å². The fourth-order valence-electron chi connectivity index (χ4n) is 3.27. The second kappa shape index (κ2) is 7.86. The Morgan fingerprint density at radius 2 is 1.14 bits per heavy atom. The number of halogens is 2. The molecule has 0 N–H and O–H groups in total. The standard InChI is InChI=1S/C10H15.C8H18N.2ClH.Zr/c1-7-6-10(4,5)9(3)8(7)2;1-7(2,3)9-8(4,5)6;;;/h1-5H3;1-6H3;2*1H;/q;-1;;;+3/p-2. The third kappa shape index (κ3) is 4.95. The maximum atomic E-state index is 2.80. The van der Waals surface area contributed by atoms with Gasteiger partial charge in [-0.3, -0.25) is 0 Å². The molecule has 1 aliphatic rings. The predicted molar refractivity (Wildman–Crippen MR) is 86.2 cm³/mol. The Morgan fingerprint density at radius 3 is 1.36 bits per heavy atom. The third-order valence-electron chi connectivity index (χ3n) is 4.63. The minimum absolute atomic E-state index is 0. The summed E-state index contributed by atoms with van der Waals surface area (Å²) in [4.78, 5) is 0. The van der Waals surface area contributed by atoms with Crippen molar-refractivity contribution in [1.29, 1.82) is 0 Å². The Morgan fingerprint density at radius 1 is 0.773 bits per heavy atom. The van der Waals surface area contributed by atoms with Crippen molar-refractivity contribution in [3.63, 3.8) is 0 Å². The average Bonchev–Trinajstić information content (AvgIpc) is 2.35. The van der Waals surface area contributed by atoms with Gasteiger partial charge in [0, 0.05) is 0 Å². The van der Waals surface area contributed by atoms with Gasteiger partial charge >= 0.3 is 139 Å². The number of hydrogen-bond acceptors (Lipinski definition) is 1. The molecule has 22 heavy (non-hydrogen) atoms. The number of hydrogen-bond donors (Lipinski definition) is 0. The van der Waals surface area contributed by atoms with Crippen molar-refractivity contribution in [3.05, 3.63) is 20.0 Å². The monoisotopic (exact) mass is 423 g/mol. The van der Waals surface area contributed by atoms with Crippen LogP contribution in [-0.4, -0.2) is 13.9 Å². The van der Waals surface area contributed by atoms with E-state index in [0.29, 0.717) is 0 Å². The first-order chi connectivity index (χ1) is 8.70. The quantitative estimate of drug-likeness (QED) is 0.579. The first-order valence-electron chi connectivity index (χ1n) is 7.67. The minimum atomic E-state index is -0.788. The molecular weight excluding hydrogens is 392 g/mol. The molecule has 0 amide bonds. The molecule has 0 fully saturated rings. The summed E-state index contributed by atoms with van der Waals surface area (Å²) < 4.78 is 4.57. The van der Waals surface area contributed by atoms with Crippen molar-refractivity contribution < 1.29 is 48.3 Å². The second-order valence-electron chi connectivity index (χ2n) is 8.66. The van der Waals surface area contributed by atoms with Crippen LogP contribution in [0.3, 0.4) is 0 Å². The molecule has 0 bridgehead atoms. The van der Waals surface area contributed by atoms with Gasteiger partial charge in [-0.1, -0.05) is 0 Å². The Kier molecular flexibility index (Phi) is 8.98. The van der Waals surface area contributed by atoms with E-state index < -0.39 is 23.5 Å². The van der Waals surface area contributed by atoms with E-state index in [4.69, 9.17) is 0 Å². The van der Waals surface area contributed by atoms with E-state index in [2.05, 4.69) is 79.0 Å². The van der Waals surface area contributed by atoms with Gasteiger partial charge in [-0.15, -0.1) is 0 Å². The molecule has 1 rings (SSSR count). The summed E-state index contributed by atoms with van der Waals surface area (Å²) >= 11 is -0.788. The third-order valence-corrected chi connectivity index (χ3v) is 11.5. The normalized spacial score (nSPS) is 18.2. The molecule has 0 heterocycles. The smallest absolute Gasteiger partial charge is 1.00 e. The summed E-state index contributed by atoms with van der Waals surface area (Å²) in [5, 5.41) is 0. The zero-order valence-corrected chi connectivity index (χ0v) is 20.2. The van der Waals surface area contributed by atoms with Crippen LogP contribution in [0.2, 0.25) is 0 Å². The molecule has 0 saturated carbocycles. The Labute approximate surface area is 163 Å². The fourth-order valence-corrected chi connectivity index (χ4v) is 7.49. The summed E-state index contributed by atoms with van der Waals surface area (Å²) in [5.74, 6) is 0. The minimum Gasteiger partial charge on any atom is -1.00 e. The van der Waals surface area contributed by atoms with Crippen LogP contribution in [0.4, 0.5) is 0 Å². The second-order valence-corrected chi connectivity index (χ2v) is 11.5. The van der Waals surface area contributed by atoms with Gasteiger partial charge in [0.15, 0.2) is 0 Å². The first kappa shape index (κ1) is 25.1. The van der Waals surface area contributed by atoms with Gasteiger partial charge in [0.05, 0.1) is 0 Å². The molecule has 0 aromatic heterocycles. The Balaban J connectivity index is 0. The van der Waals surface area contributed by atoms with Crippen LogP contribution in [-0.2, 0) is 23.5 Å². The predicted octanol–water partition coefficient (Wildman–Crippen LogP) is -0.459. The number of allylic oxidation sites excluding steroid dienone is 4. The number of rotatable bonds is 2. The first-order valence-corrected chi connectivity index (χ1v) is 10.00. The molecule has 0 atom stereocenters. The van der Waals surface area contributed by atoms with Gasteiger partial charge < -0.3 is 24.8 Å². The van der Waals surface area contributed by atoms with Crippen LogP contribution in [0.25, 0.3) is 0 Å². The zero-order chi connectivity index (χ0) is 16.1.